The van der Waals surface area contributed by atoms with Crippen LogP contribution >= 0.6 is 0 Å². The van der Waals surface area contributed by atoms with Crippen LogP contribution in [-0.4, -0.2) is 28.5 Å². The van der Waals surface area contributed by atoms with Crippen molar-refractivity contribution < 1.29 is 4.79 Å². The number of carbonyl (C=O) groups excluding carboxylic acids is 1. The molecule has 3 aromatic rings. The predicted octanol–water partition coefficient (Wildman–Crippen LogP) is 4.41. The highest BCUT2D eigenvalue weighted by Gasteiger charge is 2.14. The average Bonchev–Trinajstić information content (AvgIpc) is 3.28. The molecule has 29 heavy (non-hydrogen) atoms. The minimum atomic E-state index is -0.0493. The molecule has 1 unspecified atom stereocenters. The van der Waals surface area contributed by atoms with Crippen molar-refractivity contribution in [2.75, 3.05) is 18.0 Å². The Hall–Kier alpha value is -3.08. The van der Waals surface area contributed by atoms with Gasteiger partial charge < -0.3 is 14.8 Å². The van der Waals surface area contributed by atoms with Crippen molar-refractivity contribution in [2.24, 2.45) is 0 Å². The molecule has 5 nitrogen and oxygen atoms in total. The predicted molar refractivity (Wildman–Crippen MR) is 116 cm³/mol. The molecule has 2 aromatic carbocycles. The van der Waals surface area contributed by atoms with Gasteiger partial charge in [-0.15, -0.1) is 0 Å². The maximum atomic E-state index is 12.6. The van der Waals surface area contributed by atoms with Gasteiger partial charge in [0.1, 0.15) is 0 Å². The summed E-state index contributed by atoms with van der Waals surface area (Å²) < 4.78 is 2.00. The van der Waals surface area contributed by atoms with Gasteiger partial charge in [0, 0.05) is 43.3 Å². The van der Waals surface area contributed by atoms with Crippen LogP contribution in [0.15, 0.2) is 67.3 Å². The molecule has 5 heteroatoms. The summed E-state index contributed by atoms with van der Waals surface area (Å²) >= 11 is 0. The number of imidazole rings is 1. The lowest BCUT2D eigenvalue weighted by Crippen LogP contribution is -2.29. The van der Waals surface area contributed by atoms with E-state index in [0.717, 1.165) is 30.8 Å². The second kappa shape index (κ2) is 8.95. The van der Waals surface area contributed by atoms with Crippen LogP contribution in [0.25, 0.3) is 0 Å². The number of carbonyl (C=O) groups is 1. The molecule has 1 aliphatic heterocycles. The van der Waals surface area contributed by atoms with E-state index in [2.05, 4.69) is 39.5 Å². The largest absolute Gasteiger partial charge is 0.372 e. The van der Waals surface area contributed by atoms with Gasteiger partial charge in [-0.05, 0) is 61.6 Å². The quantitative estimate of drug-likeness (QED) is 0.680. The molecule has 4 rings (SSSR count). The maximum Gasteiger partial charge on any atom is 0.251 e. The van der Waals surface area contributed by atoms with Gasteiger partial charge in [-0.2, -0.15) is 0 Å². The Morgan fingerprint density at radius 1 is 1.03 bits per heavy atom. The number of hydrogen-bond donors (Lipinski definition) is 1. The van der Waals surface area contributed by atoms with E-state index in [4.69, 9.17) is 0 Å². The van der Waals surface area contributed by atoms with Gasteiger partial charge in [-0.3, -0.25) is 4.79 Å². The van der Waals surface area contributed by atoms with E-state index in [0.29, 0.717) is 5.56 Å². The van der Waals surface area contributed by atoms with Gasteiger partial charge in [-0.1, -0.05) is 24.3 Å². The molecule has 1 amide bonds. The minimum Gasteiger partial charge on any atom is -0.372 e. The second-order valence-electron chi connectivity index (χ2n) is 7.77. The van der Waals surface area contributed by atoms with Gasteiger partial charge in [0.15, 0.2) is 0 Å². The molecular weight excluding hydrogens is 360 g/mol. The Bertz CT molecular complexity index is 911. The van der Waals surface area contributed by atoms with E-state index >= 15 is 0 Å². The zero-order valence-corrected chi connectivity index (χ0v) is 16.9. The Kier molecular flexibility index (Phi) is 5.94. The Balaban J connectivity index is 1.35. The van der Waals surface area contributed by atoms with E-state index in [-0.39, 0.29) is 11.9 Å². The lowest BCUT2D eigenvalue weighted by Gasteiger charge is -2.29. The molecule has 1 fully saturated rings. The van der Waals surface area contributed by atoms with Crippen LogP contribution in [0.1, 0.15) is 53.7 Å². The number of aromatic nitrogens is 2. The van der Waals surface area contributed by atoms with E-state index in [1.807, 2.05) is 42.0 Å². The van der Waals surface area contributed by atoms with Gasteiger partial charge in [-0.25, -0.2) is 4.98 Å². The van der Waals surface area contributed by atoms with Crippen LogP contribution in [0, 0.1) is 0 Å². The van der Waals surface area contributed by atoms with Crippen LogP contribution in [0.2, 0.25) is 0 Å². The summed E-state index contributed by atoms with van der Waals surface area (Å²) in [6.45, 7) is 5.06. The standard InChI is InChI=1S/C24H28N4O/c1-19(21-9-11-23(12-10-21)28-14-3-2-4-15-28)26-24(29)22-7-5-20(6-8-22)17-27-16-13-25-18-27/h5-13,16,18-19H,2-4,14-15,17H2,1H3,(H,26,29). The smallest absolute Gasteiger partial charge is 0.251 e. The molecule has 2 heterocycles. The van der Waals surface area contributed by atoms with Crippen molar-refractivity contribution in [3.63, 3.8) is 0 Å². The number of amides is 1. The molecule has 1 saturated heterocycles. The van der Waals surface area contributed by atoms with E-state index in [9.17, 15) is 4.79 Å². The van der Waals surface area contributed by atoms with Crippen LogP contribution in [0.3, 0.4) is 0 Å². The van der Waals surface area contributed by atoms with E-state index < -0.39 is 0 Å². The Morgan fingerprint density at radius 3 is 2.41 bits per heavy atom. The number of hydrogen-bond acceptors (Lipinski definition) is 3. The molecule has 0 radical (unpaired) electrons. The van der Waals surface area contributed by atoms with Gasteiger partial charge in [0.2, 0.25) is 0 Å². The SMILES string of the molecule is CC(NC(=O)c1ccc(Cn2ccnc2)cc1)c1ccc(N2CCCCC2)cc1. The number of nitrogens with zero attached hydrogens (tertiary/aromatic N) is 3. The molecule has 1 atom stereocenters. The van der Waals surface area contributed by atoms with E-state index in [1.54, 1.807) is 12.5 Å². The fraction of sp³-hybridized carbons (Fsp3) is 0.333. The molecule has 150 valence electrons. The van der Waals surface area contributed by atoms with Crippen LogP contribution in [-0.2, 0) is 6.54 Å². The van der Waals surface area contributed by atoms with Gasteiger partial charge in [0.05, 0.1) is 12.4 Å². The number of piperidine rings is 1. The highest BCUT2D eigenvalue weighted by molar-refractivity contribution is 5.94. The first-order valence-electron chi connectivity index (χ1n) is 10.4. The molecular formula is C24H28N4O. The summed E-state index contributed by atoms with van der Waals surface area (Å²) in [4.78, 5) is 19.1. The molecule has 1 aliphatic rings. The summed E-state index contributed by atoms with van der Waals surface area (Å²) in [6, 6.07) is 16.3. The van der Waals surface area contributed by atoms with Crippen LogP contribution in [0.5, 0.6) is 0 Å². The monoisotopic (exact) mass is 388 g/mol. The topological polar surface area (TPSA) is 50.2 Å². The third kappa shape index (κ3) is 4.86. The summed E-state index contributed by atoms with van der Waals surface area (Å²) in [5, 5.41) is 3.11. The molecule has 1 N–H and O–H groups in total. The number of benzene rings is 2. The zero-order chi connectivity index (χ0) is 20.1. The lowest BCUT2D eigenvalue weighted by atomic mass is 10.1. The summed E-state index contributed by atoms with van der Waals surface area (Å²) in [7, 11) is 0. The Morgan fingerprint density at radius 2 is 1.76 bits per heavy atom. The van der Waals surface area contributed by atoms with Gasteiger partial charge in [0.25, 0.3) is 5.91 Å². The van der Waals surface area contributed by atoms with Crippen LogP contribution < -0.4 is 10.2 Å². The average molecular weight is 389 g/mol. The highest BCUT2D eigenvalue weighted by atomic mass is 16.1. The van der Waals surface area contributed by atoms with Crippen LogP contribution in [0.4, 0.5) is 5.69 Å². The zero-order valence-electron chi connectivity index (χ0n) is 16.9. The number of anilines is 1. The van der Waals surface area contributed by atoms with Crippen molar-refractivity contribution in [1.29, 1.82) is 0 Å². The first-order valence-corrected chi connectivity index (χ1v) is 10.4. The third-order valence-corrected chi connectivity index (χ3v) is 5.60. The number of nitrogens with one attached hydrogen (secondary N) is 1. The lowest BCUT2D eigenvalue weighted by molar-refractivity contribution is 0.0940. The van der Waals surface area contributed by atoms with Crippen molar-refractivity contribution >= 4 is 11.6 Å². The summed E-state index contributed by atoms with van der Waals surface area (Å²) in [5.74, 6) is -0.0493. The second-order valence-corrected chi connectivity index (χ2v) is 7.77. The Labute approximate surface area is 172 Å². The highest BCUT2D eigenvalue weighted by Crippen LogP contribution is 2.22. The summed E-state index contributed by atoms with van der Waals surface area (Å²) in [5.41, 5.74) is 4.22. The van der Waals surface area contributed by atoms with Crippen molar-refractivity contribution in [3.05, 3.63) is 83.9 Å². The van der Waals surface area contributed by atoms with Gasteiger partial charge >= 0.3 is 0 Å². The molecule has 0 spiro atoms. The van der Waals surface area contributed by atoms with Crippen molar-refractivity contribution in [3.8, 4) is 0 Å². The van der Waals surface area contributed by atoms with E-state index in [1.165, 1.54) is 24.9 Å². The molecule has 0 saturated carbocycles. The molecule has 1 aromatic heterocycles. The first kappa shape index (κ1) is 19.2. The summed E-state index contributed by atoms with van der Waals surface area (Å²) in [6.07, 6.45) is 9.37. The normalized spacial score (nSPS) is 15.1. The molecule has 0 aliphatic carbocycles. The maximum absolute atomic E-state index is 12.6. The number of rotatable bonds is 6. The van der Waals surface area contributed by atoms with Crippen molar-refractivity contribution in [2.45, 2.75) is 38.8 Å². The third-order valence-electron chi connectivity index (χ3n) is 5.60. The fourth-order valence-corrected chi connectivity index (χ4v) is 3.84. The fourth-order valence-electron chi connectivity index (χ4n) is 3.84. The van der Waals surface area contributed by atoms with Crippen molar-refractivity contribution in [1.82, 2.24) is 14.9 Å². The minimum absolute atomic E-state index is 0.0384. The first-order chi connectivity index (χ1) is 14.2. The molecule has 0 bridgehead atoms.